The topological polar surface area (TPSA) is 50.4 Å². The molecule has 0 spiro atoms. The third kappa shape index (κ3) is 5.83. The minimum Gasteiger partial charge on any atom is -0.381 e. The van der Waals surface area contributed by atoms with Gasteiger partial charge in [-0.25, -0.2) is 0 Å². The molecule has 2 unspecified atom stereocenters. The molecule has 1 aliphatic heterocycles. The highest BCUT2D eigenvalue weighted by Gasteiger charge is 2.26. The highest BCUT2D eigenvalue weighted by atomic mass is 16.5. The molecule has 2 atom stereocenters. The molecular weight excluding hydrogens is 228 g/mol. The first-order chi connectivity index (χ1) is 8.61. The van der Waals surface area contributed by atoms with Crippen molar-refractivity contribution in [3.05, 3.63) is 0 Å². The van der Waals surface area contributed by atoms with Gasteiger partial charge in [0.1, 0.15) is 0 Å². The van der Waals surface area contributed by atoms with Crippen molar-refractivity contribution < 1.29 is 9.53 Å². The zero-order chi connectivity index (χ0) is 13.4. The third-order valence-corrected chi connectivity index (χ3v) is 3.31. The summed E-state index contributed by atoms with van der Waals surface area (Å²) in [6.07, 6.45) is 3.00. The molecule has 4 heteroatoms. The number of nitrogens with one attached hydrogen (secondary N) is 2. The standard InChI is InChI=1S/C14H28N2O2/c1-11(2)10-18-9-5-8-16-14(17)13-6-4-7-15-12(13)3/h11-13,15H,4-10H2,1-3H3,(H,16,17). The van der Waals surface area contributed by atoms with E-state index in [4.69, 9.17) is 4.74 Å². The molecule has 1 heterocycles. The van der Waals surface area contributed by atoms with Gasteiger partial charge in [-0.15, -0.1) is 0 Å². The Labute approximate surface area is 111 Å². The lowest BCUT2D eigenvalue weighted by molar-refractivity contribution is -0.126. The molecule has 0 aromatic heterocycles. The third-order valence-electron chi connectivity index (χ3n) is 3.31. The van der Waals surface area contributed by atoms with Gasteiger partial charge in [-0.1, -0.05) is 13.8 Å². The fourth-order valence-electron chi connectivity index (χ4n) is 2.24. The summed E-state index contributed by atoms with van der Waals surface area (Å²) in [6.45, 7) is 9.66. The monoisotopic (exact) mass is 256 g/mol. The number of ether oxygens (including phenoxy) is 1. The minimum absolute atomic E-state index is 0.135. The summed E-state index contributed by atoms with van der Waals surface area (Å²) < 4.78 is 5.48. The van der Waals surface area contributed by atoms with E-state index in [0.717, 1.165) is 45.6 Å². The summed E-state index contributed by atoms with van der Waals surface area (Å²) in [5, 5.41) is 6.36. The molecule has 0 radical (unpaired) electrons. The summed E-state index contributed by atoms with van der Waals surface area (Å²) in [5.74, 6) is 0.905. The Morgan fingerprint density at radius 1 is 1.50 bits per heavy atom. The molecule has 18 heavy (non-hydrogen) atoms. The zero-order valence-electron chi connectivity index (χ0n) is 12.0. The molecule has 1 saturated heterocycles. The average Bonchev–Trinajstić information content (AvgIpc) is 2.33. The van der Waals surface area contributed by atoms with Crippen molar-refractivity contribution in [1.29, 1.82) is 0 Å². The first-order valence-electron chi connectivity index (χ1n) is 7.20. The molecule has 106 valence electrons. The second-order valence-electron chi connectivity index (χ2n) is 5.60. The van der Waals surface area contributed by atoms with Gasteiger partial charge < -0.3 is 15.4 Å². The van der Waals surface area contributed by atoms with Crippen LogP contribution in [0, 0.1) is 11.8 Å². The Kier molecular flexibility index (Phi) is 7.28. The van der Waals surface area contributed by atoms with E-state index in [9.17, 15) is 4.79 Å². The van der Waals surface area contributed by atoms with E-state index in [-0.39, 0.29) is 11.8 Å². The van der Waals surface area contributed by atoms with Gasteiger partial charge >= 0.3 is 0 Å². The average molecular weight is 256 g/mol. The van der Waals surface area contributed by atoms with Crippen molar-refractivity contribution >= 4 is 5.91 Å². The Balaban J connectivity index is 2.06. The maximum absolute atomic E-state index is 12.0. The fraction of sp³-hybridized carbons (Fsp3) is 0.929. The number of rotatable bonds is 7. The van der Waals surface area contributed by atoms with Gasteiger partial charge in [0.25, 0.3) is 0 Å². The molecule has 0 bridgehead atoms. The van der Waals surface area contributed by atoms with Crippen LogP contribution in [0.15, 0.2) is 0 Å². The molecule has 0 aromatic rings. The van der Waals surface area contributed by atoms with E-state index >= 15 is 0 Å². The molecule has 1 amide bonds. The first kappa shape index (κ1) is 15.4. The lowest BCUT2D eigenvalue weighted by Gasteiger charge is -2.28. The van der Waals surface area contributed by atoms with Crippen molar-refractivity contribution in [2.45, 2.75) is 46.1 Å². The quantitative estimate of drug-likeness (QED) is 0.680. The van der Waals surface area contributed by atoms with Crippen molar-refractivity contribution in [2.75, 3.05) is 26.3 Å². The maximum Gasteiger partial charge on any atom is 0.224 e. The maximum atomic E-state index is 12.0. The van der Waals surface area contributed by atoms with Gasteiger partial charge in [-0.3, -0.25) is 4.79 Å². The van der Waals surface area contributed by atoms with Crippen LogP contribution in [0.1, 0.15) is 40.0 Å². The molecule has 0 aromatic carbocycles. The number of piperidine rings is 1. The second-order valence-corrected chi connectivity index (χ2v) is 5.60. The van der Waals surface area contributed by atoms with Crippen LogP contribution < -0.4 is 10.6 Å². The van der Waals surface area contributed by atoms with E-state index in [2.05, 4.69) is 31.4 Å². The summed E-state index contributed by atoms with van der Waals surface area (Å²) in [7, 11) is 0. The van der Waals surface area contributed by atoms with Gasteiger partial charge in [0.05, 0.1) is 5.92 Å². The molecule has 0 aliphatic carbocycles. The Bertz CT molecular complexity index is 244. The fourth-order valence-corrected chi connectivity index (χ4v) is 2.24. The van der Waals surface area contributed by atoms with E-state index in [1.807, 2.05) is 0 Å². The molecule has 0 saturated carbocycles. The molecule has 4 nitrogen and oxygen atoms in total. The molecular formula is C14H28N2O2. The van der Waals surface area contributed by atoms with Crippen LogP contribution in [0.2, 0.25) is 0 Å². The predicted octanol–water partition coefficient (Wildman–Crippen LogP) is 1.55. The largest absolute Gasteiger partial charge is 0.381 e. The normalized spacial score (nSPS) is 24.2. The Morgan fingerprint density at radius 3 is 2.94 bits per heavy atom. The van der Waals surface area contributed by atoms with Crippen LogP contribution in [0.25, 0.3) is 0 Å². The lowest BCUT2D eigenvalue weighted by atomic mass is 9.91. The van der Waals surface area contributed by atoms with Crippen LogP contribution in [-0.4, -0.2) is 38.3 Å². The van der Waals surface area contributed by atoms with Gasteiger partial charge in [0.2, 0.25) is 5.91 Å². The predicted molar refractivity (Wildman–Crippen MR) is 73.5 cm³/mol. The number of hydrogen-bond acceptors (Lipinski definition) is 3. The van der Waals surface area contributed by atoms with Crippen molar-refractivity contribution in [2.24, 2.45) is 11.8 Å². The van der Waals surface area contributed by atoms with E-state index in [0.29, 0.717) is 12.0 Å². The highest BCUT2D eigenvalue weighted by molar-refractivity contribution is 5.79. The lowest BCUT2D eigenvalue weighted by Crippen LogP contribution is -2.46. The van der Waals surface area contributed by atoms with Crippen LogP contribution in [0.3, 0.4) is 0 Å². The van der Waals surface area contributed by atoms with Gasteiger partial charge in [0.15, 0.2) is 0 Å². The molecule has 1 rings (SSSR count). The Morgan fingerprint density at radius 2 is 2.28 bits per heavy atom. The second kappa shape index (κ2) is 8.48. The summed E-state index contributed by atoms with van der Waals surface area (Å²) in [5.41, 5.74) is 0. The van der Waals surface area contributed by atoms with Crippen LogP contribution in [-0.2, 0) is 9.53 Å². The van der Waals surface area contributed by atoms with Crippen LogP contribution in [0.4, 0.5) is 0 Å². The summed E-state index contributed by atoms with van der Waals surface area (Å²) >= 11 is 0. The van der Waals surface area contributed by atoms with Crippen molar-refractivity contribution in [3.63, 3.8) is 0 Å². The number of carbonyl (C=O) groups excluding carboxylic acids is 1. The van der Waals surface area contributed by atoms with Crippen LogP contribution >= 0.6 is 0 Å². The highest BCUT2D eigenvalue weighted by Crippen LogP contribution is 2.16. The minimum atomic E-state index is 0.135. The SMILES string of the molecule is CC(C)COCCCNC(=O)C1CCCNC1C. The van der Waals surface area contributed by atoms with E-state index in [1.54, 1.807) is 0 Å². The van der Waals surface area contributed by atoms with Gasteiger partial charge in [-0.05, 0) is 38.6 Å². The number of amides is 1. The van der Waals surface area contributed by atoms with Crippen molar-refractivity contribution in [1.82, 2.24) is 10.6 Å². The van der Waals surface area contributed by atoms with Gasteiger partial charge in [0, 0.05) is 25.8 Å². The summed E-state index contributed by atoms with van der Waals surface area (Å²) in [6, 6.07) is 0.302. The van der Waals surface area contributed by atoms with E-state index in [1.165, 1.54) is 0 Å². The van der Waals surface area contributed by atoms with E-state index < -0.39 is 0 Å². The first-order valence-corrected chi connectivity index (χ1v) is 7.20. The number of carbonyl (C=O) groups is 1. The zero-order valence-corrected chi connectivity index (χ0v) is 12.0. The smallest absolute Gasteiger partial charge is 0.224 e. The van der Waals surface area contributed by atoms with Gasteiger partial charge in [-0.2, -0.15) is 0 Å². The molecule has 1 fully saturated rings. The molecule has 1 aliphatic rings. The Hall–Kier alpha value is -0.610. The van der Waals surface area contributed by atoms with Crippen LogP contribution in [0.5, 0.6) is 0 Å². The van der Waals surface area contributed by atoms with Crippen molar-refractivity contribution in [3.8, 4) is 0 Å². The molecule has 2 N–H and O–H groups in total. The number of hydrogen-bond donors (Lipinski definition) is 2. The summed E-state index contributed by atoms with van der Waals surface area (Å²) in [4.78, 5) is 12.0.